The Labute approximate surface area is 224 Å². The highest BCUT2D eigenvalue weighted by Gasteiger charge is 2.46. The van der Waals surface area contributed by atoms with Gasteiger partial charge in [0.25, 0.3) is 5.91 Å². The number of ether oxygens (including phenoxy) is 1. The highest BCUT2D eigenvalue weighted by molar-refractivity contribution is 6.00. The molecule has 2 aromatic rings. The lowest BCUT2D eigenvalue weighted by molar-refractivity contribution is -0.134. The van der Waals surface area contributed by atoms with Gasteiger partial charge in [-0.1, -0.05) is 38.1 Å². The molecule has 3 atom stereocenters. The van der Waals surface area contributed by atoms with Crippen LogP contribution in [0, 0.1) is 5.41 Å². The standard InChI is InChI=1S/C30H38N4O4/c1-6-30(7-2)17-24(35)34(27(31)33-30)22-16-28(3,4)38-23-13-12-18(14-21(22)23)26(36)32-25-20-11-9-8-10-19(20)15-29(25,5)37/h8-14,22,25,37H,6-7,15-17H2,1-5H3,(H2,31,33)(H,32,36)/t22-,25-,29?/m1/s1. The van der Waals surface area contributed by atoms with Crippen LogP contribution >= 0.6 is 0 Å². The molecule has 1 saturated heterocycles. The van der Waals surface area contributed by atoms with Gasteiger partial charge in [-0.15, -0.1) is 0 Å². The number of rotatable bonds is 5. The predicted octanol–water partition coefficient (Wildman–Crippen LogP) is 4.38. The molecule has 0 bridgehead atoms. The van der Waals surface area contributed by atoms with Crippen molar-refractivity contribution in [1.29, 1.82) is 5.41 Å². The fourth-order valence-corrected chi connectivity index (χ4v) is 6.30. The van der Waals surface area contributed by atoms with Crippen LogP contribution in [0.1, 0.15) is 99.4 Å². The third-order valence-corrected chi connectivity index (χ3v) is 8.56. The van der Waals surface area contributed by atoms with E-state index in [0.29, 0.717) is 36.1 Å². The zero-order chi connectivity index (χ0) is 27.5. The number of fused-ring (bicyclic) bond motifs is 2. The molecule has 0 radical (unpaired) electrons. The molecular formula is C30H38N4O4. The lowest BCUT2D eigenvalue weighted by atomic mass is 9.83. The Morgan fingerprint density at radius 1 is 1.13 bits per heavy atom. The Morgan fingerprint density at radius 2 is 1.84 bits per heavy atom. The molecule has 5 rings (SSSR count). The molecule has 0 aromatic heterocycles. The number of benzene rings is 2. The minimum absolute atomic E-state index is 0.0899. The molecule has 3 aliphatic rings. The molecule has 1 aliphatic carbocycles. The van der Waals surface area contributed by atoms with Gasteiger partial charge in [0, 0.05) is 29.5 Å². The van der Waals surface area contributed by atoms with Gasteiger partial charge in [-0.25, -0.2) is 0 Å². The summed E-state index contributed by atoms with van der Waals surface area (Å²) in [4.78, 5) is 28.5. The van der Waals surface area contributed by atoms with Crippen LogP contribution in [0.2, 0.25) is 0 Å². The average molecular weight is 519 g/mol. The van der Waals surface area contributed by atoms with E-state index in [1.54, 1.807) is 25.1 Å². The largest absolute Gasteiger partial charge is 0.487 e. The van der Waals surface area contributed by atoms with Gasteiger partial charge in [0.1, 0.15) is 11.4 Å². The lowest BCUT2D eigenvalue weighted by Crippen LogP contribution is -2.63. The Hall–Kier alpha value is -3.39. The molecule has 4 N–H and O–H groups in total. The molecule has 0 spiro atoms. The molecule has 38 heavy (non-hydrogen) atoms. The molecule has 0 saturated carbocycles. The zero-order valence-corrected chi connectivity index (χ0v) is 22.9. The summed E-state index contributed by atoms with van der Waals surface area (Å²) in [5, 5.41) is 26.2. The van der Waals surface area contributed by atoms with E-state index in [1.807, 2.05) is 52.0 Å². The number of nitrogens with zero attached hydrogens (tertiary/aromatic N) is 1. The van der Waals surface area contributed by atoms with Crippen molar-refractivity contribution in [3.63, 3.8) is 0 Å². The normalized spacial score (nSPS) is 27.2. The van der Waals surface area contributed by atoms with Crippen LogP contribution in [0.15, 0.2) is 42.5 Å². The first-order chi connectivity index (χ1) is 17.9. The van der Waals surface area contributed by atoms with Crippen molar-refractivity contribution in [3.05, 3.63) is 64.7 Å². The van der Waals surface area contributed by atoms with Crippen molar-refractivity contribution >= 4 is 17.8 Å². The first-order valence-electron chi connectivity index (χ1n) is 13.5. The summed E-state index contributed by atoms with van der Waals surface area (Å²) < 4.78 is 6.24. The van der Waals surface area contributed by atoms with Crippen molar-refractivity contribution in [2.24, 2.45) is 0 Å². The van der Waals surface area contributed by atoms with E-state index >= 15 is 0 Å². The topological polar surface area (TPSA) is 115 Å². The van der Waals surface area contributed by atoms with Crippen LogP contribution in [0.5, 0.6) is 5.75 Å². The number of hydrogen-bond donors (Lipinski definition) is 4. The van der Waals surface area contributed by atoms with Gasteiger partial charge in [0.2, 0.25) is 5.91 Å². The fraction of sp³-hybridized carbons (Fsp3) is 0.500. The second-order valence-corrected chi connectivity index (χ2v) is 11.9. The molecule has 2 amide bonds. The number of guanidine groups is 1. The number of carbonyl (C=O) groups is 2. The Balaban J connectivity index is 1.47. The molecular weight excluding hydrogens is 480 g/mol. The number of nitrogens with one attached hydrogen (secondary N) is 3. The van der Waals surface area contributed by atoms with Gasteiger partial charge in [0.15, 0.2) is 5.96 Å². The van der Waals surface area contributed by atoms with E-state index in [1.165, 1.54) is 4.90 Å². The maximum Gasteiger partial charge on any atom is 0.251 e. The summed E-state index contributed by atoms with van der Waals surface area (Å²) in [6.07, 6.45) is 2.76. The van der Waals surface area contributed by atoms with Crippen LogP contribution in [0.3, 0.4) is 0 Å². The van der Waals surface area contributed by atoms with E-state index in [0.717, 1.165) is 24.0 Å². The van der Waals surface area contributed by atoms with Crippen molar-refractivity contribution in [3.8, 4) is 5.75 Å². The minimum Gasteiger partial charge on any atom is -0.487 e. The predicted molar refractivity (Wildman–Crippen MR) is 145 cm³/mol. The van der Waals surface area contributed by atoms with Gasteiger partial charge in [-0.2, -0.15) is 0 Å². The Kier molecular flexibility index (Phi) is 6.29. The average Bonchev–Trinajstić information content (AvgIpc) is 3.11. The van der Waals surface area contributed by atoms with Crippen LogP contribution < -0.4 is 15.4 Å². The minimum atomic E-state index is -1.10. The van der Waals surface area contributed by atoms with Crippen LogP contribution in [-0.4, -0.2) is 44.5 Å². The maximum absolute atomic E-state index is 13.5. The second-order valence-electron chi connectivity index (χ2n) is 11.9. The second kappa shape index (κ2) is 9.12. The summed E-state index contributed by atoms with van der Waals surface area (Å²) in [6.45, 7) is 9.74. The molecule has 8 heteroatoms. The molecule has 2 aromatic carbocycles. The number of amides is 2. The first-order valence-corrected chi connectivity index (χ1v) is 13.5. The highest BCUT2D eigenvalue weighted by atomic mass is 16.5. The maximum atomic E-state index is 13.5. The fourth-order valence-electron chi connectivity index (χ4n) is 6.30. The third kappa shape index (κ3) is 4.45. The lowest BCUT2D eigenvalue weighted by Gasteiger charge is -2.48. The molecule has 1 fully saturated rings. The summed E-state index contributed by atoms with van der Waals surface area (Å²) >= 11 is 0. The van der Waals surface area contributed by atoms with Gasteiger partial charge >= 0.3 is 0 Å². The monoisotopic (exact) mass is 518 g/mol. The van der Waals surface area contributed by atoms with Crippen LogP contribution in [0.25, 0.3) is 0 Å². The van der Waals surface area contributed by atoms with Crippen molar-refractivity contribution in [2.45, 2.75) is 95.5 Å². The van der Waals surface area contributed by atoms with Crippen LogP contribution in [0.4, 0.5) is 0 Å². The Bertz CT molecular complexity index is 1280. The number of hydrogen-bond acceptors (Lipinski definition) is 5. The molecule has 202 valence electrons. The van der Waals surface area contributed by atoms with Gasteiger partial charge in [0.05, 0.1) is 24.1 Å². The summed E-state index contributed by atoms with van der Waals surface area (Å²) in [6, 6.07) is 12.0. The quantitative estimate of drug-likeness (QED) is 0.469. The summed E-state index contributed by atoms with van der Waals surface area (Å²) in [7, 11) is 0. The summed E-state index contributed by atoms with van der Waals surface area (Å²) in [5.74, 6) is 0.281. The van der Waals surface area contributed by atoms with E-state index in [-0.39, 0.29) is 17.8 Å². The molecule has 2 aliphatic heterocycles. The highest BCUT2D eigenvalue weighted by Crippen LogP contribution is 2.45. The zero-order valence-electron chi connectivity index (χ0n) is 22.9. The van der Waals surface area contributed by atoms with Gasteiger partial charge in [-0.05, 0) is 62.9 Å². The summed E-state index contributed by atoms with van der Waals surface area (Å²) in [5.41, 5.74) is 0.987. The Morgan fingerprint density at radius 3 is 2.53 bits per heavy atom. The van der Waals surface area contributed by atoms with E-state index in [2.05, 4.69) is 10.6 Å². The smallest absolute Gasteiger partial charge is 0.251 e. The van der Waals surface area contributed by atoms with Gasteiger partial charge < -0.3 is 20.5 Å². The van der Waals surface area contributed by atoms with E-state index in [9.17, 15) is 14.7 Å². The van der Waals surface area contributed by atoms with Crippen molar-refractivity contribution in [1.82, 2.24) is 15.5 Å². The third-order valence-electron chi connectivity index (χ3n) is 8.56. The van der Waals surface area contributed by atoms with Crippen molar-refractivity contribution in [2.75, 3.05) is 0 Å². The number of carbonyl (C=O) groups excluding carboxylic acids is 2. The van der Waals surface area contributed by atoms with Crippen LogP contribution in [-0.2, 0) is 11.2 Å². The van der Waals surface area contributed by atoms with E-state index in [4.69, 9.17) is 10.1 Å². The first kappa shape index (κ1) is 26.2. The van der Waals surface area contributed by atoms with E-state index < -0.39 is 28.8 Å². The number of aliphatic hydroxyl groups is 1. The molecule has 1 unspecified atom stereocenters. The van der Waals surface area contributed by atoms with Gasteiger partial charge in [-0.3, -0.25) is 19.9 Å². The van der Waals surface area contributed by atoms with Crippen molar-refractivity contribution < 1.29 is 19.4 Å². The SMILES string of the molecule is CCC1(CC)CC(=O)N([C@@H]2CC(C)(C)Oc3ccc(C(=O)N[C@@H]4c5ccccc5CC4(C)O)cc32)C(=N)N1. The molecule has 8 nitrogen and oxygen atoms in total. The molecule has 2 heterocycles.